The molecule has 24 heavy (non-hydrogen) atoms. The zero-order valence-corrected chi connectivity index (χ0v) is 14.6. The summed E-state index contributed by atoms with van der Waals surface area (Å²) in [5.41, 5.74) is 0.324. The third kappa shape index (κ3) is 3.99. The molecule has 1 aliphatic heterocycles. The molecule has 0 atom stereocenters. The van der Waals surface area contributed by atoms with Crippen molar-refractivity contribution >= 4 is 0 Å². The van der Waals surface area contributed by atoms with E-state index in [-0.39, 0.29) is 0 Å². The summed E-state index contributed by atoms with van der Waals surface area (Å²) in [6.45, 7) is 7.70. The van der Waals surface area contributed by atoms with Crippen molar-refractivity contribution in [3.63, 3.8) is 0 Å². The van der Waals surface area contributed by atoms with Crippen molar-refractivity contribution in [1.82, 2.24) is 24.6 Å². The minimum absolute atomic E-state index is 0.632. The monoisotopic (exact) mass is 329 g/mol. The Morgan fingerprint density at radius 2 is 2.00 bits per heavy atom. The molecule has 2 aromatic heterocycles. The zero-order valence-electron chi connectivity index (χ0n) is 14.6. The summed E-state index contributed by atoms with van der Waals surface area (Å²) >= 11 is 0. The number of aromatic nitrogens is 4. The van der Waals surface area contributed by atoms with Gasteiger partial charge in [0.25, 0.3) is 0 Å². The van der Waals surface area contributed by atoms with Gasteiger partial charge in [-0.05, 0) is 38.3 Å². The lowest BCUT2D eigenvalue weighted by molar-refractivity contribution is -0.0238. The first-order valence-corrected chi connectivity index (χ1v) is 8.83. The van der Waals surface area contributed by atoms with Gasteiger partial charge in [-0.25, -0.2) is 0 Å². The number of likely N-dealkylation sites (tertiary alicyclic amines) is 1. The van der Waals surface area contributed by atoms with Gasteiger partial charge in [0, 0.05) is 37.9 Å². The van der Waals surface area contributed by atoms with Crippen LogP contribution in [0.1, 0.15) is 43.5 Å². The summed E-state index contributed by atoms with van der Waals surface area (Å²) in [6, 6.07) is 5.87. The minimum Gasteiger partial charge on any atom is -0.389 e. The molecule has 1 fully saturated rings. The summed E-state index contributed by atoms with van der Waals surface area (Å²) in [5, 5.41) is 19.4. The van der Waals surface area contributed by atoms with Crippen molar-refractivity contribution in [1.29, 1.82) is 0 Å². The quantitative estimate of drug-likeness (QED) is 0.877. The van der Waals surface area contributed by atoms with Crippen molar-refractivity contribution in [2.45, 2.75) is 58.2 Å². The maximum atomic E-state index is 10.9. The normalized spacial score (nSPS) is 18.0. The Morgan fingerprint density at radius 3 is 2.67 bits per heavy atom. The van der Waals surface area contributed by atoms with E-state index in [0.717, 1.165) is 62.8 Å². The van der Waals surface area contributed by atoms with Gasteiger partial charge in [-0.3, -0.25) is 9.88 Å². The van der Waals surface area contributed by atoms with Crippen LogP contribution >= 0.6 is 0 Å². The smallest absolute Gasteiger partial charge is 0.147 e. The van der Waals surface area contributed by atoms with Crippen molar-refractivity contribution in [2.75, 3.05) is 13.1 Å². The number of nitrogens with zero attached hydrogens (tertiary/aromatic N) is 5. The highest BCUT2D eigenvalue weighted by atomic mass is 16.3. The molecular formula is C18H27N5O. The van der Waals surface area contributed by atoms with E-state index in [2.05, 4.69) is 31.6 Å². The van der Waals surface area contributed by atoms with Crippen LogP contribution < -0.4 is 0 Å². The summed E-state index contributed by atoms with van der Waals surface area (Å²) < 4.78 is 2.20. The van der Waals surface area contributed by atoms with E-state index in [1.54, 1.807) is 6.20 Å². The Morgan fingerprint density at radius 1 is 1.21 bits per heavy atom. The first-order chi connectivity index (χ1) is 11.6. The Hall–Kier alpha value is -1.79. The van der Waals surface area contributed by atoms with Crippen LogP contribution in [0.4, 0.5) is 0 Å². The number of hydrogen-bond acceptors (Lipinski definition) is 5. The standard InChI is InChI=1S/C18H27N5O/c1-3-10-23-15(2)20-21-17(23)14-22-11-7-18(24,8-12-22)13-16-6-4-5-9-19-16/h4-6,9,24H,3,7-8,10-14H2,1-2H3. The summed E-state index contributed by atoms with van der Waals surface area (Å²) in [4.78, 5) is 6.71. The fourth-order valence-electron chi connectivity index (χ4n) is 3.40. The van der Waals surface area contributed by atoms with Crippen LogP contribution in [-0.2, 0) is 19.5 Å². The topological polar surface area (TPSA) is 67.1 Å². The molecule has 6 heteroatoms. The Bertz CT molecular complexity index is 647. The molecule has 2 aromatic rings. The Balaban J connectivity index is 1.57. The molecule has 0 aromatic carbocycles. The van der Waals surface area contributed by atoms with Gasteiger partial charge in [0.1, 0.15) is 11.6 Å². The molecule has 0 saturated carbocycles. The fourth-order valence-corrected chi connectivity index (χ4v) is 3.40. The van der Waals surface area contributed by atoms with Crippen LogP contribution in [0.3, 0.4) is 0 Å². The van der Waals surface area contributed by atoms with E-state index in [1.807, 2.05) is 25.1 Å². The van der Waals surface area contributed by atoms with Gasteiger partial charge in [-0.15, -0.1) is 10.2 Å². The lowest BCUT2D eigenvalue weighted by Crippen LogP contribution is -2.45. The van der Waals surface area contributed by atoms with Crippen LogP contribution in [0, 0.1) is 6.92 Å². The van der Waals surface area contributed by atoms with Gasteiger partial charge in [-0.1, -0.05) is 13.0 Å². The molecule has 3 heterocycles. The maximum absolute atomic E-state index is 10.9. The first-order valence-electron chi connectivity index (χ1n) is 8.83. The first kappa shape index (κ1) is 17.0. The van der Waals surface area contributed by atoms with Gasteiger partial charge in [0.15, 0.2) is 0 Å². The highest BCUT2D eigenvalue weighted by Crippen LogP contribution is 2.26. The molecule has 0 unspecified atom stereocenters. The van der Waals surface area contributed by atoms with Crippen LogP contribution in [0.5, 0.6) is 0 Å². The second-order valence-electron chi connectivity index (χ2n) is 6.81. The molecule has 6 nitrogen and oxygen atoms in total. The van der Waals surface area contributed by atoms with Crippen LogP contribution in [0.15, 0.2) is 24.4 Å². The third-order valence-corrected chi connectivity index (χ3v) is 4.85. The summed E-state index contributed by atoms with van der Waals surface area (Å²) in [5.74, 6) is 2.01. The Labute approximate surface area is 143 Å². The lowest BCUT2D eigenvalue weighted by Gasteiger charge is -2.38. The van der Waals surface area contributed by atoms with Crippen molar-refractivity contribution in [2.24, 2.45) is 0 Å². The van der Waals surface area contributed by atoms with Crippen molar-refractivity contribution in [3.8, 4) is 0 Å². The molecular weight excluding hydrogens is 302 g/mol. The second kappa shape index (κ2) is 7.40. The Kier molecular flexibility index (Phi) is 5.26. The SMILES string of the molecule is CCCn1c(C)nnc1CN1CCC(O)(Cc2ccccn2)CC1. The highest BCUT2D eigenvalue weighted by molar-refractivity contribution is 5.08. The van der Waals surface area contributed by atoms with E-state index < -0.39 is 5.60 Å². The molecule has 0 amide bonds. The van der Waals surface area contributed by atoms with Gasteiger partial charge < -0.3 is 9.67 Å². The molecule has 130 valence electrons. The predicted molar refractivity (Wildman–Crippen MR) is 92.5 cm³/mol. The number of pyridine rings is 1. The van der Waals surface area contributed by atoms with Crippen LogP contribution in [-0.4, -0.2) is 48.4 Å². The molecule has 1 N–H and O–H groups in total. The summed E-state index contributed by atoms with van der Waals surface area (Å²) in [6.07, 6.45) is 5.04. The largest absolute Gasteiger partial charge is 0.389 e. The molecule has 1 saturated heterocycles. The maximum Gasteiger partial charge on any atom is 0.147 e. The minimum atomic E-state index is -0.641. The van der Waals surface area contributed by atoms with Crippen LogP contribution in [0.25, 0.3) is 0 Å². The van der Waals surface area contributed by atoms with E-state index in [1.165, 1.54) is 0 Å². The van der Waals surface area contributed by atoms with Crippen LogP contribution in [0.2, 0.25) is 0 Å². The number of aliphatic hydroxyl groups is 1. The number of aryl methyl sites for hydroxylation is 1. The van der Waals surface area contributed by atoms with E-state index in [9.17, 15) is 5.11 Å². The molecule has 3 rings (SSSR count). The predicted octanol–water partition coefficient (Wildman–Crippen LogP) is 1.96. The zero-order chi connectivity index (χ0) is 17.0. The van der Waals surface area contributed by atoms with Gasteiger partial charge in [0.05, 0.1) is 12.1 Å². The molecule has 0 bridgehead atoms. The lowest BCUT2D eigenvalue weighted by atomic mass is 9.87. The van der Waals surface area contributed by atoms with Crippen molar-refractivity contribution in [3.05, 3.63) is 41.7 Å². The van der Waals surface area contributed by atoms with E-state index in [4.69, 9.17) is 0 Å². The molecule has 0 aliphatic carbocycles. The van der Waals surface area contributed by atoms with Crippen molar-refractivity contribution < 1.29 is 5.11 Å². The van der Waals surface area contributed by atoms with Gasteiger partial charge >= 0.3 is 0 Å². The van der Waals surface area contributed by atoms with Gasteiger partial charge in [0.2, 0.25) is 0 Å². The fraction of sp³-hybridized carbons (Fsp3) is 0.611. The van der Waals surface area contributed by atoms with E-state index >= 15 is 0 Å². The molecule has 0 radical (unpaired) electrons. The average Bonchev–Trinajstić information content (AvgIpc) is 2.92. The van der Waals surface area contributed by atoms with Gasteiger partial charge in [-0.2, -0.15) is 0 Å². The number of rotatable bonds is 6. The number of piperidine rings is 1. The second-order valence-corrected chi connectivity index (χ2v) is 6.81. The molecule has 1 aliphatic rings. The number of hydrogen-bond donors (Lipinski definition) is 1. The third-order valence-electron chi connectivity index (χ3n) is 4.85. The van der Waals surface area contributed by atoms with E-state index in [0.29, 0.717) is 6.42 Å². The molecule has 0 spiro atoms. The summed E-state index contributed by atoms with van der Waals surface area (Å²) in [7, 11) is 0. The average molecular weight is 329 g/mol. The highest BCUT2D eigenvalue weighted by Gasteiger charge is 2.33.